The Kier molecular flexibility index (Phi) is 3.98. The first kappa shape index (κ1) is 10.6. The van der Waals surface area contributed by atoms with Crippen LogP contribution in [-0.4, -0.2) is 20.1 Å². The molecule has 1 N–H and O–H groups in total. The van der Waals surface area contributed by atoms with Crippen molar-refractivity contribution in [3.8, 4) is 5.75 Å². The lowest BCUT2D eigenvalue weighted by atomic mass is 10.1. The highest BCUT2D eigenvalue weighted by molar-refractivity contribution is 5.75. The molecule has 0 atom stereocenters. The number of carbonyl (C=O) groups excluding carboxylic acids is 1. The highest BCUT2D eigenvalue weighted by Crippen LogP contribution is 2.18. The van der Waals surface area contributed by atoms with Crippen LogP contribution in [0.25, 0.3) is 0 Å². The molecule has 0 heterocycles. The molecule has 0 spiro atoms. The van der Waals surface area contributed by atoms with Gasteiger partial charge in [0, 0.05) is 13.5 Å². The van der Waals surface area contributed by atoms with Crippen LogP contribution < -0.4 is 10.1 Å². The summed E-state index contributed by atoms with van der Waals surface area (Å²) in [5, 5.41) is 2.59. The minimum absolute atomic E-state index is 0.0518. The molecular formula is C11H15NO2. The first-order valence-corrected chi connectivity index (χ1v) is 4.60. The highest BCUT2D eigenvalue weighted by Gasteiger charge is 2.03. The predicted molar refractivity (Wildman–Crippen MR) is 55.4 cm³/mol. The summed E-state index contributed by atoms with van der Waals surface area (Å²) in [5.74, 6) is 0.896. The van der Waals surface area contributed by atoms with Crippen molar-refractivity contribution in [1.82, 2.24) is 5.32 Å². The molecule has 14 heavy (non-hydrogen) atoms. The third kappa shape index (κ3) is 2.76. The van der Waals surface area contributed by atoms with Crippen molar-refractivity contribution < 1.29 is 9.53 Å². The molecule has 0 aromatic heterocycles. The molecule has 1 amide bonds. The van der Waals surface area contributed by atoms with Crippen LogP contribution in [0.15, 0.2) is 24.3 Å². The molecule has 0 saturated carbocycles. The van der Waals surface area contributed by atoms with Gasteiger partial charge in [0.25, 0.3) is 0 Å². The van der Waals surface area contributed by atoms with Crippen molar-refractivity contribution in [3.63, 3.8) is 0 Å². The van der Waals surface area contributed by atoms with Crippen molar-refractivity contribution >= 4 is 5.91 Å². The Bertz CT molecular complexity index is 310. The van der Waals surface area contributed by atoms with Gasteiger partial charge in [-0.05, 0) is 18.1 Å². The Hall–Kier alpha value is -1.51. The lowest BCUT2D eigenvalue weighted by Gasteiger charge is -2.06. The maximum atomic E-state index is 11.0. The molecule has 0 unspecified atom stereocenters. The van der Waals surface area contributed by atoms with Gasteiger partial charge in [0.05, 0.1) is 7.11 Å². The maximum absolute atomic E-state index is 11.0. The number of nitrogens with one attached hydrogen (secondary N) is 1. The average molecular weight is 193 g/mol. The number of carbonyl (C=O) groups is 1. The van der Waals surface area contributed by atoms with E-state index in [-0.39, 0.29) is 5.91 Å². The van der Waals surface area contributed by atoms with E-state index < -0.39 is 0 Å². The van der Waals surface area contributed by atoms with Gasteiger partial charge >= 0.3 is 0 Å². The van der Waals surface area contributed by atoms with Gasteiger partial charge in [-0.15, -0.1) is 0 Å². The largest absolute Gasteiger partial charge is 0.496 e. The van der Waals surface area contributed by atoms with Crippen molar-refractivity contribution in [2.45, 2.75) is 12.8 Å². The van der Waals surface area contributed by atoms with E-state index in [4.69, 9.17) is 4.74 Å². The molecule has 1 rings (SSSR count). The van der Waals surface area contributed by atoms with Crippen LogP contribution in [0, 0.1) is 0 Å². The smallest absolute Gasteiger partial charge is 0.220 e. The molecule has 0 radical (unpaired) electrons. The summed E-state index contributed by atoms with van der Waals surface area (Å²) in [7, 11) is 3.28. The minimum atomic E-state index is 0.0518. The molecule has 0 bridgehead atoms. The normalized spacial score (nSPS) is 9.57. The third-order valence-electron chi connectivity index (χ3n) is 2.09. The quantitative estimate of drug-likeness (QED) is 0.784. The lowest BCUT2D eigenvalue weighted by molar-refractivity contribution is -0.120. The van der Waals surface area contributed by atoms with E-state index in [9.17, 15) is 4.79 Å². The molecule has 76 valence electrons. The molecule has 3 nitrogen and oxygen atoms in total. The van der Waals surface area contributed by atoms with Gasteiger partial charge in [0.15, 0.2) is 0 Å². The summed E-state index contributed by atoms with van der Waals surface area (Å²) in [6.07, 6.45) is 1.21. The maximum Gasteiger partial charge on any atom is 0.220 e. The number of benzene rings is 1. The SMILES string of the molecule is CNC(=O)CCc1ccccc1OC. The number of ether oxygens (including phenoxy) is 1. The van der Waals surface area contributed by atoms with E-state index >= 15 is 0 Å². The van der Waals surface area contributed by atoms with Crippen molar-refractivity contribution in [1.29, 1.82) is 0 Å². The van der Waals surface area contributed by atoms with E-state index in [1.54, 1.807) is 14.2 Å². The molecule has 1 aromatic rings. The van der Waals surface area contributed by atoms with E-state index in [0.717, 1.165) is 11.3 Å². The topological polar surface area (TPSA) is 38.3 Å². The molecule has 0 aliphatic heterocycles. The molecule has 0 saturated heterocycles. The fourth-order valence-corrected chi connectivity index (χ4v) is 1.28. The van der Waals surface area contributed by atoms with Gasteiger partial charge in [-0.25, -0.2) is 0 Å². The monoisotopic (exact) mass is 193 g/mol. The van der Waals surface area contributed by atoms with Gasteiger partial charge in [0.2, 0.25) is 5.91 Å². The predicted octanol–water partition coefficient (Wildman–Crippen LogP) is 1.37. The van der Waals surface area contributed by atoms with E-state index in [1.807, 2.05) is 24.3 Å². The Morgan fingerprint density at radius 1 is 1.43 bits per heavy atom. The van der Waals surface area contributed by atoms with Crippen molar-refractivity contribution in [2.75, 3.05) is 14.2 Å². The summed E-state index contributed by atoms with van der Waals surface area (Å²) in [6, 6.07) is 7.74. The van der Waals surface area contributed by atoms with Crippen LogP contribution >= 0.6 is 0 Å². The number of methoxy groups -OCH3 is 1. The molecular weight excluding hydrogens is 178 g/mol. The van der Waals surface area contributed by atoms with Crippen LogP contribution in [0.3, 0.4) is 0 Å². The second-order valence-electron chi connectivity index (χ2n) is 2.99. The van der Waals surface area contributed by atoms with E-state index in [2.05, 4.69) is 5.32 Å². The van der Waals surface area contributed by atoms with Gasteiger partial charge in [-0.3, -0.25) is 4.79 Å². The standard InChI is InChI=1S/C11H15NO2/c1-12-11(13)8-7-9-5-3-4-6-10(9)14-2/h3-6H,7-8H2,1-2H3,(H,12,13). The molecule has 0 aliphatic rings. The number of hydrogen-bond donors (Lipinski definition) is 1. The van der Waals surface area contributed by atoms with Crippen LogP contribution in [-0.2, 0) is 11.2 Å². The zero-order valence-electron chi connectivity index (χ0n) is 8.54. The lowest BCUT2D eigenvalue weighted by Crippen LogP contribution is -2.18. The summed E-state index contributed by atoms with van der Waals surface area (Å²) in [4.78, 5) is 11.0. The first-order chi connectivity index (χ1) is 6.77. The van der Waals surface area contributed by atoms with Gasteiger partial charge in [-0.2, -0.15) is 0 Å². The zero-order valence-corrected chi connectivity index (χ0v) is 8.54. The number of amides is 1. The van der Waals surface area contributed by atoms with Gasteiger partial charge < -0.3 is 10.1 Å². The fraction of sp³-hybridized carbons (Fsp3) is 0.364. The zero-order chi connectivity index (χ0) is 10.4. The number of aryl methyl sites for hydroxylation is 1. The second-order valence-corrected chi connectivity index (χ2v) is 2.99. The Morgan fingerprint density at radius 2 is 2.14 bits per heavy atom. The van der Waals surface area contributed by atoms with Crippen LogP contribution in [0.4, 0.5) is 0 Å². The van der Waals surface area contributed by atoms with Crippen LogP contribution in [0.2, 0.25) is 0 Å². The molecule has 0 fully saturated rings. The number of hydrogen-bond acceptors (Lipinski definition) is 2. The van der Waals surface area contributed by atoms with Crippen LogP contribution in [0.1, 0.15) is 12.0 Å². The number of rotatable bonds is 4. The van der Waals surface area contributed by atoms with Gasteiger partial charge in [0.1, 0.15) is 5.75 Å². The summed E-state index contributed by atoms with van der Waals surface area (Å²) in [6.45, 7) is 0. The third-order valence-corrected chi connectivity index (χ3v) is 2.09. The number of para-hydroxylation sites is 1. The summed E-state index contributed by atoms with van der Waals surface area (Å²) in [5.41, 5.74) is 1.07. The molecule has 1 aromatic carbocycles. The Balaban J connectivity index is 2.61. The summed E-state index contributed by atoms with van der Waals surface area (Å²) >= 11 is 0. The highest BCUT2D eigenvalue weighted by atomic mass is 16.5. The van der Waals surface area contributed by atoms with Crippen molar-refractivity contribution in [2.24, 2.45) is 0 Å². The van der Waals surface area contributed by atoms with Gasteiger partial charge in [-0.1, -0.05) is 18.2 Å². The van der Waals surface area contributed by atoms with E-state index in [0.29, 0.717) is 12.8 Å². The Labute approximate surface area is 84.1 Å². The van der Waals surface area contributed by atoms with E-state index in [1.165, 1.54) is 0 Å². The summed E-state index contributed by atoms with van der Waals surface area (Å²) < 4.78 is 5.18. The molecule has 0 aliphatic carbocycles. The minimum Gasteiger partial charge on any atom is -0.496 e. The van der Waals surface area contributed by atoms with Crippen molar-refractivity contribution in [3.05, 3.63) is 29.8 Å². The first-order valence-electron chi connectivity index (χ1n) is 4.60. The van der Waals surface area contributed by atoms with Crippen LogP contribution in [0.5, 0.6) is 5.75 Å². The average Bonchev–Trinajstić information content (AvgIpc) is 2.26. The fourth-order valence-electron chi connectivity index (χ4n) is 1.28. The Morgan fingerprint density at radius 3 is 2.79 bits per heavy atom. The second kappa shape index (κ2) is 5.27. The molecule has 3 heteroatoms.